The zero-order chi connectivity index (χ0) is 25.9. The second-order valence-corrected chi connectivity index (χ2v) is 10.4. The summed E-state index contributed by atoms with van der Waals surface area (Å²) >= 11 is 0. The normalized spacial score (nSPS) is 16.0. The highest BCUT2D eigenvalue weighted by atomic mass is 14.8. The molecule has 0 bridgehead atoms. The number of aromatic nitrogens is 1. The molecule has 0 fully saturated rings. The Balaban J connectivity index is 1.76. The maximum Gasteiger partial charge on any atom is 0.101 e. The highest BCUT2D eigenvalue weighted by Crippen LogP contribution is 2.46. The third-order valence-electron chi connectivity index (χ3n) is 7.75. The van der Waals surface area contributed by atoms with Gasteiger partial charge in [0.25, 0.3) is 0 Å². The Morgan fingerprint density at radius 2 is 1.54 bits per heavy atom. The fourth-order valence-electron chi connectivity index (χ4n) is 5.70. The standard InChI is InChI=1S/C35H40N2/c1-3-5-9-22-30-32(23-10-6-4-2)37-34-31(33(30)29-20-13-8-14-21-29)24-26-35(34,27-36)25-16-15-19-28-17-11-7-12-18-28/h7-8,11-14,17-18,20-21H,3-6,9-10,16,22-26H2,1-2H3. The van der Waals surface area contributed by atoms with Crippen molar-refractivity contribution >= 4 is 0 Å². The van der Waals surface area contributed by atoms with Crippen LogP contribution in [0.4, 0.5) is 0 Å². The van der Waals surface area contributed by atoms with Crippen molar-refractivity contribution in [2.24, 2.45) is 0 Å². The molecule has 1 aliphatic rings. The number of hydrogen-bond acceptors (Lipinski definition) is 2. The summed E-state index contributed by atoms with van der Waals surface area (Å²) in [4.78, 5) is 5.38. The molecule has 190 valence electrons. The van der Waals surface area contributed by atoms with Gasteiger partial charge in [-0.1, -0.05) is 99.9 Å². The fourth-order valence-corrected chi connectivity index (χ4v) is 5.70. The lowest BCUT2D eigenvalue weighted by molar-refractivity contribution is 0.495. The first-order chi connectivity index (χ1) is 18.2. The summed E-state index contributed by atoms with van der Waals surface area (Å²) in [5.41, 5.74) is 8.16. The summed E-state index contributed by atoms with van der Waals surface area (Å²) < 4.78 is 0. The average Bonchev–Trinajstić information content (AvgIpc) is 3.30. The van der Waals surface area contributed by atoms with Crippen LogP contribution in [0.3, 0.4) is 0 Å². The lowest BCUT2D eigenvalue weighted by atomic mass is 9.80. The van der Waals surface area contributed by atoms with Crippen molar-refractivity contribution in [2.75, 3.05) is 0 Å². The summed E-state index contributed by atoms with van der Waals surface area (Å²) in [5, 5.41) is 10.6. The number of pyridine rings is 1. The van der Waals surface area contributed by atoms with Gasteiger partial charge in [-0.3, -0.25) is 4.98 Å². The first-order valence-corrected chi connectivity index (χ1v) is 14.3. The summed E-state index contributed by atoms with van der Waals surface area (Å²) in [6, 6.07) is 23.7. The molecular formula is C35H40N2. The zero-order valence-corrected chi connectivity index (χ0v) is 22.7. The van der Waals surface area contributed by atoms with Gasteiger partial charge in [-0.05, 0) is 79.3 Å². The van der Waals surface area contributed by atoms with Gasteiger partial charge in [0.15, 0.2) is 0 Å². The molecular weight excluding hydrogens is 448 g/mol. The van der Waals surface area contributed by atoms with Gasteiger partial charge in [-0.2, -0.15) is 5.26 Å². The number of fused-ring (bicyclic) bond motifs is 1. The molecule has 0 aliphatic heterocycles. The van der Waals surface area contributed by atoms with Gasteiger partial charge in [-0.25, -0.2) is 0 Å². The number of unbranched alkanes of at least 4 members (excludes halogenated alkanes) is 4. The molecule has 1 unspecified atom stereocenters. The van der Waals surface area contributed by atoms with E-state index in [2.05, 4.69) is 62.1 Å². The Labute approximate surface area is 224 Å². The minimum atomic E-state index is -0.550. The minimum absolute atomic E-state index is 0.550. The van der Waals surface area contributed by atoms with Crippen molar-refractivity contribution in [3.8, 4) is 29.0 Å². The number of hydrogen-bond donors (Lipinski definition) is 0. The molecule has 1 atom stereocenters. The van der Waals surface area contributed by atoms with Crippen LogP contribution in [0, 0.1) is 23.2 Å². The minimum Gasteiger partial charge on any atom is -0.256 e. The van der Waals surface area contributed by atoms with Crippen LogP contribution in [-0.2, 0) is 24.7 Å². The van der Waals surface area contributed by atoms with E-state index in [0.29, 0.717) is 6.42 Å². The molecule has 0 saturated carbocycles. The predicted octanol–water partition coefficient (Wildman–Crippen LogP) is 8.75. The van der Waals surface area contributed by atoms with Crippen molar-refractivity contribution in [3.63, 3.8) is 0 Å². The zero-order valence-electron chi connectivity index (χ0n) is 22.7. The molecule has 1 aromatic heterocycles. The highest BCUT2D eigenvalue weighted by Gasteiger charge is 2.42. The van der Waals surface area contributed by atoms with Gasteiger partial charge in [0, 0.05) is 17.7 Å². The Bertz CT molecular complexity index is 1260. The molecule has 3 aromatic rings. The number of nitriles is 1. The van der Waals surface area contributed by atoms with Crippen molar-refractivity contribution < 1.29 is 0 Å². The van der Waals surface area contributed by atoms with E-state index in [0.717, 1.165) is 49.8 Å². The van der Waals surface area contributed by atoms with Crippen LogP contribution in [0.5, 0.6) is 0 Å². The molecule has 2 aromatic carbocycles. The number of benzene rings is 2. The number of rotatable bonds is 11. The Kier molecular flexibility index (Phi) is 9.57. The molecule has 0 spiro atoms. The average molecular weight is 489 g/mol. The van der Waals surface area contributed by atoms with Gasteiger partial charge in [0.2, 0.25) is 0 Å². The van der Waals surface area contributed by atoms with E-state index in [1.54, 1.807) is 0 Å². The molecule has 37 heavy (non-hydrogen) atoms. The lowest BCUT2D eigenvalue weighted by Gasteiger charge is -2.24. The lowest BCUT2D eigenvalue weighted by Crippen LogP contribution is -2.23. The third-order valence-corrected chi connectivity index (χ3v) is 7.75. The van der Waals surface area contributed by atoms with E-state index in [9.17, 15) is 5.26 Å². The monoisotopic (exact) mass is 488 g/mol. The molecule has 0 radical (unpaired) electrons. The molecule has 0 amide bonds. The Hall–Kier alpha value is -3.36. The maximum atomic E-state index is 10.6. The van der Waals surface area contributed by atoms with E-state index in [-0.39, 0.29) is 0 Å². The molecule has 1 aliphatic carbocycles. The summed E-state index contributed by atoms with van der Waals surface area (Å²) in [7, 11) is 0. The fraction of sp³-hybridized carbons (Fsp3) is 0.429. The summed E-state index contributed by atoms with van der Waals surface area (Å²) in [6.07, 6.45) is 12.5. The molecule has 0 N–H and O–H groups in total. The Morgan fingerprint density at radius 1 is 0.865 bits per heavy atom. The van der Waals surface area contributed by atoms with Crippen LogP contribution < -0.4 is 0 Å². The summed E-state index contributed by atoms with van der Waals surface area (Å²) in [5.74, 6) is 6.61. The van der Waals surface area contributed by atoms with Crippen LogP contribution in [-0.4, -0.2) is 4.98 Å². The van der Waals surface area contributed by atoms with Gasteiger partial charge in [-0.15, -0.1) is 0 Å². The van der Waals surface area contributed by atoms with Crippen LogP contribution in [0.25, 0.3) is 11.1 Å². The van der Waals surface area contributed by atoms with Crippen LogP contribution in [0.2, 0.25) is 0 Å². The first-order valence-electron chi connectivity index (χ1n) is 14.3. The first kappa shape index (κ1) is 26.7. The topological polar surface area (TPSA) is 36.7 Å². The highest BCUT2D eigenvalue weighted by molar-refractivity contribution is 5.74. The number of aryl methyl sites for hydroxylation is 1. The van der Waals surface area contributed by atoms with Crippen molar-refractivity contribution in [3.05, 3.63) is 88.7 Å². The van der Waals surface area contributed by atoms with E-state index in [1.165, 1.54) is 60.1 Å². The summed E-state index contributed by atoms with van der Waals surface area (Å²) in [6.45, 7) is 4.52. The largest absolute Gasteiger partial charge is 0.256 e. The van der Waals surface area contributed by atoms with Gasteiger partial charge >= 0.3 is 0 Å². The van der Waals surface area contributed by atoms with E-state index < -0.39 is 5.41 Å². The smallest absolute Gasteiger partial charge is 0.101 e. The molecule has 1 heterocycles. The third kappa shape index (κ3) is 6.32. The van der Waals surface area contributed by atoms with E-state index in [1.807, 2.05) is 30.3 Å². The maximum absolute atomic E-state index is 10.6. The predicted molar refractivity (Wildman–Crippen MR) is 154 cm³/mol. The van der Waals surface area contributed by atoms with Crippen LogP contribution >= 0.6 is 0 Å². The molecule has 2 nitrogen and oxygen atoms in total. The second-order valence-electron chi connectivity index (χ2n) is 10.4. The SMILES string of the molecule is CCCCCc1nc2c(c(-c3ccccc3)c1CCCCC)CCC2(C#N)CCC#Cc1ccccc1. The van der Waals surface area contributed by atoms with Gasteiger partial charge in [0.1, 0.15) is 5.41 Å². The molecule has 2 heteroatoms. The molecule has 0 saturated heterocycles. The quantitative estimate of drug-likeness (QED) is 0.200. The van der Waals surface area contributed by atoms with Crippen LogP contribution in [0.1, 0.15) is 99.7 Å². The van der Waals surface area contributed by atoms with Crippen LogP contribution in [0.15, 0.2) is 60.7 Å². The van der Waals surface area contributed by atoms with Gasteiger partial charge < -0.3 is 0 Å². The van der Waals surface area contributed by atoms with E-state index >= 15 is 0 Å². The van der Waals surface area contributed by atoms with E-state index in [4.69, 9.17) is 4.98 Å². The number of nitrogens with zero attached hydrogens (tertiary/aromatic N) is 2. The second kappa shape index (κ2) is 13.3. The van der Waals surface area contributed by atoms with Crippen molar-refractivity contribution in [2.45, 2.75) is 96.3 Å². The van der Waals surface area contributed by atoms with Crippen molar-refractivity contribution in [1.82, 2.24) is 4.98 Å². The molecule has 4 rings (SSSR count). The van der Waals surface area contributed by atoms with Gasteiger partial charge in [0.05, 0.1) is 11.8 Å². The van der Waals surface area contributed by atoms with Crippen molar-refractivity contribution in [1.29, 1.82) is 5.26 Å². The Morgan fingerprint density at radius 3 is 2.22 bits per heavy atom.